The van der Waals surface area contributed by atoms with E-state index in [9.17, 15) is 4.79 Å². The zero-order valence-corrected chi connectivity index (χ0v) is 13.0. The average Bonchev–Trinajstić information content (AvgIpc) is 3.00. The standard InChI is InChI=1S/C15H28N2O3/c1-4-7-13-16-15(8-5-6-9-15)14(18)17(13)10-12(20-3)11-19-2/h12-13,16H,4-11H2,1-3H3. The molecule has 2 atom stereocenters. The monoisotopic (exact) mass is 284 g/mol. The molecule has 2 rings (SSSR count). The van der Waals surface area contributed by atoms with E-state index in [4.69, 9.17) is 9.47 Å². The number of carbonyl (C=O) groups is 1. The third-order valence-corrected chi connectivity index (χ3v) is 4.59. The Balaban J connectivity index is 2.08. The van der Waals surface area contributed by atoms with E-state index in [-0.39, 0.29) is 23.7 Å². The highest BCUT2D eigenvalue weighted by molar-refractivity contribution is 5.89. The van der Waals surface area contributed by atoms with Crippen LogP contribution in [0.25, 0.3) is 0 Å². The van der Waals surface area contributed by atoms with Crippen LogP contribution in [-0.4, -0.2) is 56.0 Å². The molecule has 1 saturated carbocycles. The zero-order chi connectivity index (χ0) is 14.6. The van der Waals surface area contributed by atoms with Crippen molar-refractivity contribution in [2.75, 3.05) is 27.4 Å². The van der Waals surface area contributed by atoms with Crippen molar-refractivity contribution in [1.29, 1.82) is 0 Å². The maximum atomic E-state index is 12.8. The van der Waals surface area contributed by atoms with Crippen LogP contribution in [0.2, 0.25) is 0 Å². The summed E-state index contributed by atoms with van der Waals surface area (Å²) in [5, 5.41) is 3.62. The number of hydrogen-bond donors (Lipinski definition) is 1. The molecule has 1 amide bonds. The quantitative estimate of drug-likeness (QED) is 0.770. The lowest BCUT2D eigenvalue weighted by molar-refractivity contribution is -0.135. The van der Waals surface area contributed by atoms with Gasteiger partial charge in [0.15, 0.2) is 0 Å². The first-order valence-electron chi connectivity index (χ1n) is 7.77. The van der Waals surface area contributed by atoms with Crippen LogP contribution in [0.15, 0.2) is 0 Å². The molecule has 0 radical (unpaired) electrons. The number of rotatable bonds is 7. The van der Waals surface area contributed by atoms with E-state index in [2.05, 4.69) is 12.2 Å². The molecule has 1 spiro atoms. The summed E-state index contributed by atoms with van der Waals surface area (Å²) in [5.41, 5.74) is -0.287. The minimum atomic E-state index is -0.287. The smallest absolute Gasteiger partial charge is 0.244 e. The SMILES string of the molecule is CCCC1NC2(CCCC2)C(=O)N1CC(COC)OC. The summed E-state index contributed by atoms with van der Waals surface area (Å²) in [6.45, 7) is 3.29. The molecule has 0 aromatic rings. The second-order valence-corrected chi connectivity index (χ2v) is 6.01. The van der Waals surface area contributed by atoms with Crippen molar-refractivity contribution in [2.24, 2.45) is 0 Å². The van der Waals surface area contributed by atoms with Crippen molar-refractivity contribution in [3.05, 3.63) is 0 Å². The van der Waals surface area contributed by atoms with Gasteiger partial charge in [-0.25, -0.2) is 0 Å². The summed E-state index contributed by atoms with van der Waals surface area (Å²) in [6, 6.07) is 0. The first-order valence-corrected chi connectivity index (χ1v) is 7.77. The van der Waals surface area contributed by atoms with E-state index < -0.39 is 0 Å². The fourth-order valence-corrected chi connectivity index (χ4v) is 3.52. The number of methoxy groups -OCH3 is 2. The van der Waals surface area contributed by atoms with Crippen LogP contribution < -0.4 is 5.32 Å². The van der Waals surface area contributed by atoms with Gasteiger partial charge in [0, 0.05) is 14.2 Å². The van der Waals surface area contributed by atoms with Crippen molar-refractivity contribution in [3.8, 4) is 0 Å². The average molecular weight is 284 g/mol. The van der Waals surface area contributed by atoms with Gasteiger partial charge in [-0.3, -0.25) is 10.1 Å². The van der Waals surface area contributed by atoms with Crippen molar-refractivity contribution < 1.29 is 14.3 Å². The molecule has 0 aromatic carbocycles. The molecule has 1 aliphatic heterocycles. The molecule has 2 fully saturated rings. The Hall–Kier alpha value is -0.650. The van der Waals surface area contributed by atoms with Crippen molar-refractivity contribution in [3.63, 3.8) is 0 Å². The molecule has 20 heavy (non-hydrogen) atoms. The van der Waals surface area contributed by atoms with Gasteiger partial charge in [-0.05, 0) is 19.3 Å². The summed E-state index contributed by atoms with van der Waals surface area (Å²) in [4.78, 5) is 14.8. The molecule has 0 bridgehead atoms. The summed E-state index contributed by atoms with van der Waals surface area (Å²) in [6.07, 6.45) is 6.42. The normalized spacial score (nSPS) is 26.6. The summed E-state index contributed by atoms with van der Waals surface area (Å²) >= 11 is 0. The second-order valence-electron chi connectivity index (χ2n) is 6.01. The van der Waals surface area contributed by atoms with Crippen LogP contribution in [0.5, 0.6) is 0 Å². The van der Waals surface area contributed by atoms with Crippen molar-refractivity contribution in [2.45, 2.75) is 63.3 Å². The molecule has 1 aliphatic carbocycles. The number of nitrogens with one attached hydrogen (secondary N) is 1. The summed E-state index contributed by atoms with van der Waals surface area (Å²) in [5.74, 6) is 0.270. The maximum Gasteiger partial charge on any atom is 0.244 e. The third-order valence-electron chi connectivity index (χ3n) is 4.59. The van der Waals surface area contributed by atoms with Gasteiger partial charge in [0.1, 0.15) is 0 Å². The van der Waals surface area contributed by atoms with Gasteiger partial charge < -0.3 is 14.4 Å². The Morgan fingerprint density at radius 2 is 2.10 bits per heavy atom. The van der Waals surface area contributed by atoms with E-state index in [1.54, 1.807) is 14.2 Å². The van der Waals surface area contributed by atoms with Gasteiger partial charge >= 0.3 is 0 Å². The highest BCUT2D eigenvalue weighted by Gasteiger charge is 2.52. The van der Waals surface area contributed by atoms with E-state index in [1.165, 1.54) is 0 Å². The number of nitrogens with zero attached hydrogens (tertiary/aromatic N) is 1. The second kappa shape index (κ2) is 6.87. The highest BCUT2D eigenvalue weighted by atomic mass is 16.5. The molecular formula is C15H28N2O3. The molecular weight excluding hydrogens is 256 g/mol. The predicted molar refractivity (Wildman–Crippen MR) is 77.4 cm³/mol. The van der Waals surface area contributed by atoms with Gasteiger partial charge in [0.2, 0.25) is 5.91 Å². The Kier molecular flexibility index (Phi) is 5.41. The Labute approximate surface area is 122 Å². The predicted octanol–water partition coefficient (Wildman–Crippen LogP) is 1.52. The van der Waals surface area contributed by atoms with Gasteiger partial charge in [0.25, 0.3) is 0 Å². The lowest BCUT2D eigenvalue weighted by atomic mass is 9.98. The molecule has 2 aliphatic rings. The Bertz CT molecular complexity index is 329. The van der Waals surface area contributed by atoms with Crippen LogP contribution in [0.1, 0.15) is 45.4 Å². The van der Waals surface area contributed by atoms with Gasteiger partial charge in [-0.15, -0.1) is 0 Å². The van der Waals surface area contributed by atoms with Crippen molar-refractivity contribution >= 4 is 5.91 Å². The molecule has 1 saturated heterocycles. The van der Waals surface area contributed by atoms with Crippen LogP contribution in [0.3, 0.4) is 0 Å². The lowest BCUT2D eigenvalue weighted by Crippen LogP contribution is -2.45. The minimum Gasteiger partial charge on any atom is -0.382 e. The van der Waals surface area contributed by atoms with Gasteiger partial charge in [-0.2, -0.15) is 0 Å². The van der Waals surface area contributed by atoms with Crippen LogP contribution >= 0.6 is 0 Å². The Morgan fingerprint density at radius 3 is 2.65 bits per heavy atom. The molecule has 5 nitrogen and oxygen atoms in total. The molecule has 116 valence electrons. The lowest BCUT2D eigenvalue weighted by Gasteiger charge is -2.27. The molecule has 2 unspecified atom stereocenters. The number of hydrogen-bond acceptors (Lipinski definition) is 4. The minimum absolute atomic E-state index is 0.0540. The fourth-order valence-electron chi connectivity index (χ4n) is 3.52. The topological polar surface area (TPSA) is 50.8 Å². The Morgan fingerprint density at radius 1 is 1.40 bits per heavy atom. The highest BCUT2D eigenvalue weighted by Crippen LogP contribution is 2.37. The van der Waals surface area contributed by atoms with Gasteiger partial charge in [0.05, 0.1) is 31.0 Å². The number of amides is 1. The molecule has 0 aromatic heterocycles. The molecule has 1 N–H and O–H groups in total. The zero-order valence-electron chi connectivity index (χ0n) is 13.0. The van der Waals surface area contributed by atoms with Gasteiger partial charge in [-0.1, -0.05) is 26.2 Å². The van der Waals surface area contributed by atoms with E-state index >= 15 is 0 Å². The first kappa shape index (κ1) is 15.7. The van der Waals surface area contributed by atoms with Crippen LogP contribution in [-0.2, 0) is 14.3 Å². The third kappa shape index (κ3) is 3.00. The van der Waals surface area contributed by atoms with Crippen LogP contribution in [0, 0.1) is 0 Å². The maximum absolute atomic E-state index is 12.8. The first-order chi connectivity index (χ1) is 9.66. The van der Waals surface area contributed by atoms with E-state index in [1.807, 2.05) is 4.90 Å². The number of ether oxygens (including phenoxy) is 2. The summed E-state index contributed by atoms with van der Waals surface area (Å²) in [7, 11) is 3.34. The summed E-state index contributed by atoms with van der Waals surface area (Å²) < 4.78 is 10.6. The largest absolute Gasteiger partial charge is 0.382 e. The molecule has 1 heterocycles. The number of carbonyl (C=O) groups excluding carboxylic acids is 1. The fraction of sp³-hybridized carbons (Fsp3) is 0.933. The van der Waals surface area contributed by atoms with E-state index in [0.29, 0.717) is 13.2 Å². The van der Waals surface area contributed by atoms with Crippen LogP contribution in [0.4, 0.5) is 0 Å². The van der Waals surface area contributed by atoms with E-state index in [0.717, 1.165) is 38.5 Å². The van der Waals surface area contributed by atoms with Crippen molar-refractivity contribution in [1.82, 2.24) is 10.2 Å². The molecule has 5 heteroatoms.